The molecule has 1 aromatic heterocycles. The number of aromatic nitrogens is 1. The van der Waals surface area contributed by atoms with Crippen LogP contribution in [0.1, 0.15) is 18.5 Å². The molecule has 1 unspecified atom stereocenters. The van der Waals surface area contributed by atoms with E-state index in [1.807, 2.05) is 0 Å². The molecule has 0 aliphatic heterocycles. The van der Waals surface area contributed by atoms with Crippen LogP contribution >= 0.6 is 11.6 Å². The highest BCUT2D eigenvalue weighted by atomic mass is 35.5. The first-order chi connectivity index (χ1) is 13.8. The molecule has 0 aliphatic carbocycles. The first kappa shape index (κ1) is 20.7. The zero-order chi connectivity index (χ0) is 21.1. The molecule has 0 radical (unpaired) electrons. The summed E-state index contributed by atoms with van der Waals surface area (Å²) in [7, 11) is 0. The van der Waals surface area contributed by atoms with Crippen LogP contribution in [0, 0.1) is 5.82 Å². The number of alkyl halides is 2. The van der Waals surface area contributed by atoms with Crippen LogP contribution in [0.4, 0.5) is 23.7 Å². The number of aromatic amines is 1. The fourth-order valence-corrected chi connectivity index (χ4v) is 3.26. The van der Waals surface area contributed by atoms with Crippen LogP contribution < -0.4 is 10.9 Å². The van der Waals surface area contributed by atoms with E-state index >= 15 is 0 Å². The predicted molar refractivity (Wildman–Crippen MR) is 106 cm³/mol. The van der Waals surface area contributed by atoms with Crippen molar-refractivity contribution in [2.24, 2.45) is 0 Å². The summed E-state index contributed by atoms with van der Waals surface area (Å²) in [6, 6.07) is 8.64. The van der Waals surface area contributed by atoms with Gasteiger partial charge in [-0.1, -0.05) is 29.8 Å². The van der Waals surface area contributed by atoms with Gasteiger partial charge < -0.3 is 15.2 Å². The van der Waals surface area contributed by atoms with Gasteiger partial charge in [0.15, 0.2) is 0 Å². The van der Waals surface area contributed by atoms with Gasteiger partial charge in [0.1, 0.15) is 5.82 Å². The number of hydrogen-bond acceptors (Lipinski definition) is 2. The van der Waals surface area contributed by atoms with Gasteiger partial charge in [-0.25, -0.2) is 18.0 Å². The van der Waals surface area contributed by atoms with E-state index in [0.29, 0.717) is 16.3 Å². The number of pyridine rings is 1. The maximum absolute atomic E-state index is 13.3. The molecule has 29 heavy (non-hydrogen) atoms. The Kier molecular flexibility index (Phi) is 6.12. The lowest BCUT2D eigenvalue weighted by Gasteiger charge is -2.30. The van der Waals surface area contributed by atoms with Crippen LogP contribution in [0.5, 0.6) is 0 Å². The van der Waals surface area contributed by atoms with E-state index in [-0.39, 0.29) is 16.3 Å². The zero-order valence-electron chi connectivity index (χ0n) is 15.3. The van der Waals surface area contributed by atoms with Crippen molar-refractivity contribution < 1.29 is 18.0 Å². The Bertz CT molecular complexity index is 1100. The number of fused-ring (bicyclic) bond motifs is 1. The molecule has 2 aromatic carbocycles. The number of nitrogens with zero attached hydrogens (tertiary/aromatic N) is 1. The fourth-order valence-electron chi connectivity index (χ4n) is 3.08. The smallest absolute Gasteiger partial charge is 0.322 e. The minimum atomic E-state index is -2.78. The van der Waals surface area contributed by atoms with E-state index in [0.717, 1.165) is 11.0 Å². The summed E-state index contributed by atoms with van der Waals surface area (Å²) in [5.74, 6) is -0.665. The number of hydrogen-bond donors (Lipinski definition) is 2. The summed E-state index contributed by atoms with van der Waals surface area (Å²) in [5, 5.41) is 3.20. The zero-order valence-corrected chi connectivity index (χ0v) is 16.0. The van der Waals surface area contributed by atoms with Gasteiger partial charge in [-0.2, -0.15) is 0 Å². The van der Waals surface area contributed by atoms with Gasteiger partial charge in [-0.15, -0.1) is 0 Å². The van der Waals surface area contributed by atoms with Crippen LogP contribution in [-0.2, 0) is 0 Å². The van der Waals surface area contributed by atoms with Gasteiger partial charge in [0.05, 0.1) is 17.6 Å². The minimum Gasteiger partial charge on any atom is -0.328 e. The molecule has 0 fully saturated rings. The van der Waals surface area contributed by atoms with E-state index in [1.54, 1.807) is 31.2 Å². The molecule has 0 aliphatic rings. The number of amides is 2. The number of anilines is 1. The maximum Gasteiger partial charge on any atom is 0.322 e. The standard InChI is InChI=1S/C20H17ClF3N3O2/c1-11(15-9-25-19(28)14-5-3-2-4-13(14)15)27(10-18(23)24)20(29)26-12-6-7-17(22)16(21)8-12/h2-9,11,18H,10H2,1H3,(H,25,28)(H,26,29). The number of H-pyrrole nitrogens is 1. The average molecular weight is 424 g/mol. The molecule has 152 valence electrons. The summed E-state index contributed by atoms with van der Waals surface area (Å²) in [4.78, 5) is 28.3. The van der Waals surface area contributed by atoms with E-state index in [9.17, 15) is 22.8 Å². The molecule has 3 aromatic rings. The summed E-state index contributed by atoms with van der Waals surface area (Å²) < 4.78 is 39.7. The topological polar surface area (TPSA) is 65.2 Å². The summed E-state index contributed by atoms with van der Waals surface area (Å²) in [6.45, 7) is 0.745. The first-order valence-corrected chi connectivity index (χ1v) is 9.07. The monoisotopic (exact) mass is 423 g/mol. The third-order valence-corrected chi connectivity index (χ3v) is 4.82. The highest BCUT2D eigenvalue weighted by Crippen LogP contribution is 2.28. The van der Waals surface area contributed by atoms with Crippen molar-refractivity contribution in [1.82, 2.24) is 9.88 Å². The van der Waals surface area contributed by atoms with Gasteiger partial charge >= 0.3 is 6.03 Å². The SMILES string of the molecule is CC(c1c[nH]c(=O)c2ccccc12)N(CC(F)F)C(=O)Nc1ccc(F)c(Cl)c1. The Morgan fingerprint density at radius 3 is 2.55 bits per heavy atom. The van der Waals surface area contributed by atoms with Crippen LogP contribution in [-0.4, -0.2) is 28.9 Å². The van der Waals surface area contributed by atoms with E-state index < -0.39 is 30.9 Å². The van der Waals surface area contributed by atoms with Crippen molar-refractivity contribution in [2.45, 2.75) is 19.4 Å². The summed E-state index contributed by atoms with van der Waals surface area (Å²) in [6.07, 6.45) is -1.37. The number of urea groups is 1. The number of rotatable bonds is 5. The molecule has 3 rings (SSSR count). The lowest BCUT2D eigenvalue weighted by Crippen LogP contribution is -2.40. The molecule has 5 nitrogen and oxygen atoms in total. The Labute approximate surface area is 169 Å². The summed E-state index contributed by atoms with van der Waals surface area (Å²) in [5.41, 5.74) is 0.356. The first-order valence-electron chi connectivity index (χ1n) is 8.69. The van der Waals surface area contributed by atoms with Crippen LogP contribution in [0.2, 0.25) is 5.02 Å². The lowest BCUT2D eigenvalue weighted by atomic mass is 10.0. The molecule has 0 saturated carbocycles. The number of benzene rings is 2. The third kappa shape index (κ3) is 4.54. The van der Waals surface area contributed by atoms with Crippen LogP contribution in [0.25, 0.3) is 10.8 Å². The third-order valence-electron chi connectivity index (χ3n) is 4.53. The maximum atomic E-state index is 13.3. The molecule has 1 atom stereocenters. The van der Waals surface area contributed by atoms with Crippen molar-refractivity contribution in [3.63, 3.8) is 0 Å². The quantitative estimate of drug-likeness (QED) is 0.593. The largest absolute Gasteiger partial charge is 0.328 e. The second kappa shape index (κ2) is 8.57. The van der Waals surface area contributed by atoms with E-state index in [1.165, 1.54) is 18.3 Å². The molecule has 2 amide bonds. The van der Waals surface area contributed by atoms with E-state index in [4.69, 9.17) is 11.6 Å². The van der Waals surface area contributed by atoms with Gasteiger partial charge in [0, 0.05) is 17.3 Å². The highest BCUT2D eigenvalue weighted by molar-refractivity contribution is 6.31. The van der Waals surface area contributed by atoms with E-state index in [2.05, 4.69) is 10.3 Å². The second-order valence-electron chi connectivity index (χ2n) is 6.40. The predicted octanol–water partition coefficient (Wildman–Crippen LogP) is 5.18. The van der Waals surface area contributed by atoms with Gasteiger partial charge in [0.25, 0.3) is 12.0 Å². The molecule has 2 N–H and O–H groups in total. The number of carbonyl (C=O) groups is 1. The Morgan fingerprint density at radius 2 is 1.90 bits per heavy atom. The van der Waals surface area contributed by atoms with Crippen molar-refractivity contribution in [3.05, 3.63) is 75.4 Å². The highest BCUT2D eigenvalue weighted by Gasteiger charge is 2.26. The normalized spacial score (nSPS) is 12.2. The Morgan fingerprint density at radius 1 is 1.21 bits per heavy atom. The molecule has 1 heterocycles. The lowest BCUT2D eigenvalue weighted by molar-refractivity contribution is 0.0885. The van der Waals surface area contributed by atoms with Crippen molar-refractivity contribution in [1.29, 1.82) is 0 Å². The fraction of sp³-hybridized carbons (Fsp3) is 0.200. The van der Waals surface area contributed by atoms with Crippen LogP contribution in [0.3, 0.4) is 0 Å². The molecule has 9 heteroatoms. The molecule has 0 saturated heterocycles. The van der Waals surface area contributed by atoms with Crippen LogP contribution in [0.15, 0.2) is 53.5 Å². The molecular formula is C20H17ClF3N3O2. The summed E-state index contributed by atoms with van der Waals surface area (Å²) >= 11 is 5.71. The second-order valence-corrected chi connectivity index (χ2v) is 6.80. The number of carbonyl (C=O) groups excluding carboxylic acids is 1. The number of halogens is 4. The number of nitrogens with one attached hydrogen (secondary N) is 2. The van der Waals surface area contributed by atoms with Crippen molar-refractivity contribution >= 4 is 34.1 Å². The van der Waals surface area contributed by atoms with Gasteiger partial charge in [-0.05, 0) is 42.1 Å². The molecule has 0 bridgehead atoms. The molecular weight excluding hydrogens is 407 g/mol. The van der Waals surface area contributed by atoms with Gasteiger partial charge in [-0.3, -0.25) is 4.79 Å². The Balaban J connectivity index is 1.96. The van der Waals surface area contributed by atoms with Crippen molar-refractivity contribution in [3.8, 4) is 0 Å². The average Bonchev–Trinajstić information content (AvgIpc) is 2.69. The minimum absolute atomic E-state index is 0.166. The molecule has 0 spiro atoms. The van der Waals surface area contributed by atoms with Gasteiger partial charge in [0.2, 0.25) is 0 Å². The Hall–Kier alpha value is -3.00. The van der Waals surface area contributed by atoms with Crippen molar-refractivity contribution in [2.75, 3.05) is 11.9 Å².